The average Bonchev–Trinajstić information content (AvgIpc) is 2.96. The molecule has 3 rings (SSSR count). The summed E-state index contributed by atoms with van der Waals surface area (Å²) in [7, 11) is -0.998. The molecule has 0 saturated heterocycles. The molecule has 2 N–H and O–H groups in total. The standard InChI is InChI=1S/C19H18N2O4S/c1-12-15-8-3-4-9-16(15)25-17(12)19(23)21-20-18(22)14-7-5-6-13(10-14)11-26(2)24/h3-10H,11H2,1-2H3,(H,20,22)(H,21,23). The first-order valence-electron chi connectivity index (χ1n) is 7.93. The van der Waals surface area contributed by atoms with E-state index in [1.807, 2.05) is 18.2 Å². The van der Waals surface area contributed by atoms with Gasteiger partial charge in [-0.15, -0.1) is 0 Å². The van der Waals surface area contributed by atoms with Crippen molar-refractivity contribution in [3.8, 4) is 0 Å². The van der Waals surface area contributed by atoms with E-state index in [4.69, 9.17) is 4.42 Å². The number of hydrazine groups is 1. The maximum Gasteiger partial charge on any atom is 0.305 e. The lowest BCUT2D eigenvalue weighted by Crippen LogP contribution is -2.41. The summed E-state index contributed by atoms with van der Waals surface area (Å²) in [5.41, 5.74) is 7.22. The third-order valence-corrected chi connectivity index (χ3v) is 4.64. The molecule has 0 bridgehead atoms. The maximum absolute atomic E-state index is 12.3. The monoisotopic (exact) mass is 370 g/mol. The molecule has 2 aromatic carbocycles. The Morgan fingerprint density at radius 1 is 1.04 bits per heavy atom. The Morgan fingerprint density at radius 2 is 1.77 bits per heavy atom. The molecular weight excluding hydrogens is 352 g/mol. The van der Waals surface area contributed by atoms with Crippen LogP contribution in [-0.2, 0) is 16.6 Å². The van der Waals surface area contributed by atoms with E-state index in [1.54, 1.807) is 43.5 Å². The molecule has 0 fully saturated rings. The molecule has 6 nitrogen and oxygen atoms in total. The van der Waals surface area contributed by atoms with Gasteiger partial charge in [0.15, 0.2) is 5.76 Å². The number of amides is 2. The van der Waals surface area contributed by atoms with Crippen molar-refractivity contribution in [3.63, 3.8) is 0 Å². The largest absolute Gasteiger partial charge is 0.451 e. The normalized spacial score (nSPS) is 11.9. The van der Waals surface area contributed by atoms with E-state index in [0.29, 0.717) is 22.5 Å². The predicted molar refractivity (Wildman–Crippen MR) is 100 cm³/mol. The minimum absolute atomic E-state index is 0.154. The Bertz CT molecular complexity index is 1010. The van der Waals surface area contributed by atoms with Crippen LogP contribution in [0, 0.1) is 6.92 Å². The lowest BCUT2D eigenvalue weighted by Gasteiger charge is -2.07. The molecule has 1 atom stereocenters. The Morgan fingerprint density at radius 3 is 2.50 bits per heavy atom. The van der Waals surface area contributed by atoms with Gasteiger partial charge in [-0.1, -0.05) is 30.3 Å². The van der Waals surface area contributed by atoms with E-state index in [9.17, 15) is 13.8 Å². The fourth-order valence-electron chi connectivity index (χ4n) is 2.67. The topological polar surface area (TPSA) is 88.4 Å². The van der Waals surface area contributed by atoms with Crippen LogP contribution < -0.4 is 10.9 Å². The quantitative estimate of drug-likeness (QED) is 0.691. The molecule has 0 saturated carbocycles. The number of para-hydroxylation sites is 1. The highest BCUT2D eigenvalue weighted by atomic mass is 32.2. The summed E-state index contributed by atoms with van der Waals surface area (Å²) < 4.78 is 16.9. The summed E-state index contributed by atoms with van der Waals surface area (Å²) in [6, 6.07) is 14.1. The summed E-state index contributed by atoms with van der Waals surface area (Å²) in [5, 5.41) is 0.851. The summed E-state index contributed by atoms with van der Waals surface area (Å²) >= 11 is 0. The summed E-state index contributed by atoms with van der Waals surface area (Å²) in [5.74, 6) is -0.471. The van der Waals surface area contributed by atoms with Crippen LogP contribution in [0.4, 0.5) is 0 Å². The van der Waals surface area contributed by atoms with Crippen molar-refractivity contribution in [3.05, 3.63) is 71.0 Å². The van der Waals surface area contributed by atoms with Crippen molar-refractivity contribution in [2.75, 3.05) is 6.26 Å². The van der Waals surface area contributed by atoms with Crippen LogP contribution in [0.3, 0.4) is 0 Å². The number of rotatable bonds is 4. The van der Waals surface area contributed by atoms with Gasteiger partial charge in [-0.25, -0.2) is 0 Å². The lowest BCUT2D eigenvalue weighted by molar-refractivity contribution is 0.0831. The Kier molecular flexibility index (Phi) is 5.18. The molecule has 7 heteroatoms. The van der Waals surface area contributed by atoms with Gasteiger partial charge in [0.1, 0.15) is 5.58 Å². The minimum Gasteiger partial charge on any atom is -0.451 e. The first kappa shape index (κ1) is 17.9. The van der Waals surface area contributed by atoms with Gasteiger partial charge < -0.3 is 4.42 Å². The van der Waals surface area contributed by atoms with E-state index in [0.717, 1.165) is 10.9 Å². The number of carbonyl (C=O) groups excluding carboxylic acids is 2. The van der Waals surface area contributed by atoms with Crippen molar-refractivity contribution >= 4 is 33.6 Å². The second kappa shape index (κ2) is 7.53. The van der Waals surface area contributed by atoms with Gasteiger partial charge in [0.25, 0.3) is 5.91 Å². The highest BCUT2D eigenvalue weighted by Gasteiger charge is 2.18. The number of hydrogen-bond acceptors (Lipinski definition) is 4. The number of hydrogen-bond donors (Lipinski definition) is 2. The van der Waals surface area contributed by atoms with E-state index in [2.05, 4.69) is 10.9 Å². The van der Waals surface area contributed by atoms with Gasteiger partial charge in [0.2, 0.25) is 0 Å². The molecule has 0 spiro atoms. The molecule has 0 radical (unpaired) electrons. The van der Waals surface area contributed by atoms with Crippen LogP contribution in [0.2, 0.25) is 0 Å². The second-order valence-corrected chi connectivity index (χ2v) is 7.31. The summed E-state index contributed by atoms with van der Waals surface area (Å²) in [6.07, 6.45) is 1.60. The van der Waals surface area contributed by atoms with Gasteiger partial charge in [0.05, 0.1) is 0 Å². The zero-order valence-corrected chi connectivity index (χ0v) is 15.2. The number of benzene rings is 2. The van der Waals surface area contributed by atoms with Crippen LogP contribution in [0.15, 0.2) is 52.9 Å². The molecule has 0 aliphatic carbocycles. The molecule has 134 valence electrons. The minimum atomic E-state index is -0.998. The smallest absolute Gasteiger partial charge is 0.305 e. The molecular formula is C19H18N2O4S. The Labute approximate surface area is 153 Å². The van der Waals surface area contributed by atoms with Crippen molar-refractivity contribution < 1.29 is 18.2 Å². The Hall–Kier alpha value is -2.93. The number of nitrogens with one attached hydrogen (secondary N) is 2. The SMILES string of the molecule is Cc1c(C(=O)NNC(=O)c2cccc(CS(C)=O)c2)oc2ccccc12. The lowest BCUT2D eigenvalue weighted by atomic mass is 10.1. The second-order valence-electron chi connectivity index (χ2n) is 5.88. The fourth-order valence-corrected chi connectivity index (χ4v) is 3.32. The zero-order valence-electron chi connectivity index (χ0n) is 14.4. The van der Waals surface area contributed by atoms with Crippen LogP contribution in [-0.4, -0.2) is 22.3 Å². The van der Waals surface area contributed by atoms with E-state index in [-0.39, 0.29) is 5.76 Å². The molecule has 1 aromatic heterocycles. The van der Waals surface area contributed by atoms with Gasteiger partial charge in [0, 0.05) is 39.3 Å². The molecule has 0 aliphatic heterocycles. The van der Waals surface area contributed by atoms with Crippen molar-refractivity contribution in [1.82, 2.24) is 10.9 Å². The number of furan rings is 1. The van der Waals surface area contributed by atoms with Gasteiger partial charge in [-0.3, -0.25) is 24.6 Å². The van der Waals surface area contributed by atoms with Crippen molar-refractivity contribution in [2.24, 2.45) is 0 Å². The fraction of sp³-hybridized carbons (Fsp3) is 0.158. The zero-order chi connectivity index (χ0) is 18.7. The highest BCUT2D eigenvalue weighted by molar-refractivity contribution is 7.83. The third kappa shape index (κ3) is 3.83. The molecule has 1 unspecified atom stereocenters. The Balaban J connectivity index is 1.70. The molecule has 0 aliphatic rings. The van der Waals surface area contributed by atoms with Crippen molar-refractivity contribution in [2.45, 2.75) is 12.7 Å². The first-order chi connectivity index (χ1) is 12.5. The van der Waals surface area contributed by atoms with Crippen LogP contribution in [0.25, 0.3) is 11.0 Å². The predicted octanol–water partition coefficient (Wildman–Crippen LogP) is 2.69. The molecule has 1 heterocycles. The van der Waals surface area contributed by atoms with E-state index < -0.39 is 22.6 Å². The molecule has 26 heavy (non-hydrogen) atoms. The van der Waals surface area contributed by atoms with Crippen LogP contribution >= 0.6 is 0 Å². The van der Waals surface area contributed by atoms with E-state index in [1.165, 1.54) is 0 Å². The van der Waals surface area contributed by atoms with E-state index >= 15 is 0 Å². The van der Waals surface area contributed by atoms with Gasteiger partial charge in [-0.2, -0.15) is 0 Å². The van der Waals surface area contributed by atoms with Crippen LogP contribution in [0.5, 0.6) is 0 Å². The van der Waals surface area contributed by atoms with Gasteiger partial charge >= 0.3 is 5.91 Å². The van der Waals surface area contributed by atoms with Crippen molar-refractivity contribution in [1.29, 1.82) is 0 Å². The average molecular weight is 370 g/mol. The first-order valence-corrected chi connectivity index (χ1v) is 9.66. The number of fused-ring (bicyclic) bond motifs is 1. The number of aryl methyl sites for hydroxylation is 1. The molecule has 3 aromatic rings. The summed E-state index contributed by atoms with van der Waals surface area (Å²) in [6.45, 7) is 1.79. The number of carbonyl (C=O) groups is 2. The molecule has 2 amide bonds. The highest BCUT2D eigenvalue weighted by Crippen LogP contribution is 2.24. The maximum atomic E-state index is 12.3. The summed E-state index contributed by atoms with van der Waals surface area (Å²) in [4.78, 5) is 24.6. The van der Waals surface area contributed by atoms with Crippen LogP contribution in [0.1, 0.15) is 32.0 Å². The third-order valence-electron chi connectivity index (χ3n) is 3.90. The van der Waals surface area contributed by atoms with Gasteiger partial charge in [-0.05, 0) is 30.7 Å².